The first-order chi connectivity index (χ1) is 7.66. The molecule has 0 saturated carbocycles. The van der Waals surface area contributed by atoms with Crippen LogP contribution in [0, 0.1) is 5.41 Å². The minimum absolute atomic E-state index is 0.0722. The number of ketones is 1. The maximum atomic E-state index is 11.8. The summed E-state index contributed by atoms with van der Waals surface area (Å²) < 4.78 is 10.3. The average molecular weight is 240 g/mol. The summed E-state index contributed by atoms with van der Waals surface area (Å²) in [5.41, 5.74) is -1.00. The minimum Gasteiger partial charge on any atom is -0.371 e. The number of carbonyl (C=O) groups excluding carboxylic acids is 1. The first-order valence-electron chi connectivity index (χ1n) is 5.58. The summed E-state index contributed by atoms with van der Waals surface area (Å²) >= 11 is 0. The molecule has 0 bridgehead atoms. The summed E-state index contributed by atoms with van der Waals surface area (Å²) in [6.45, 7) is 9.28. The van der Waals surface area contributed by atoms with E-state index < -0.39 is 11.0 Å². The van der Waals surface area contributed by atoms with Crippen LogP contribution in [0.1, 0.15) is 46.3 Å². The van der Waals surface area contributed by atoms with Crippen LogP contribution in [-0.2, 0) is 21.6 Å². The Labute approximate surface area is 102 Å². The van der Waals surface area contributed by atoms with Gasteiger partial charge in [0.25, 0.3) is 0 Å². The molecule has 1 heterocycles. The van der Waals surface area contributed by atoms with Gasteiger partial charge in [-0.1, -0.05) is 25.9 Å². The Morgan fingerprint density at radius 1 is 1.29 bits per heavy atom. The zero-order valence-corrected chi connectivity index (χ0v) is 11.3. The van der Waals surface area contributed by atoms with Crippen molar-refractivity contribution >= 4 is 5.78 Å². The molecule has 5 nitrogen and oxygen atoms in total. The lowest BCUT2D eigenvalue weighted by Gasteiger charge is -2.17. The van der Waals surface area contributed by atoms with Gasteiger partial charge < -0.3 is 9.26 Å². The quantitative estimate of drug-likeness (QED) is 0.806. The van der Waals surface area contributed by atoms with E-state index in [0.717, 1.165) is 0 Å². The summed E-state index contributed by atoms with van der Waals surface area (Å²) in [7, 11) is 1.58. The normalized spacial score (nSPS) is 12.8. The number of hydrogen-bond donors (Lipinski definition) is 0. The van der Waals surface area contributed by atoms with E-state index in [1.165, 1.54) is 0 Å². The molecule has 0 aliphatic rings. The summed E-state index contributed by atoms with van der Waals surface area (Å²) in [6.07, 6.45) is 0.163. The molecular weight excluding hydrogens is 220 g/mol. The molecule has 1 aromatic rings. The molecule has 0 unspecified atom stereocenters. The third-order valence-electron chi connectivity index (χ3n) is 2.67. The lowest BCUT2D eigenvalue weighted by molar-refractivity contribution is -0.125. The maximum Gasteiger partial charge on any atom is 0.234 e. The molecule has 96 valence electrons. The topological polar surface area (TPSA) is 65.2 Å². The van der Waals surface area contributed by atoms with Crippen molar-refractivity contribution in [2.24, 2.45) is 5.41 Å². The molecule has 0 aromatic carbocycles. The Morgan fingerprint density at radius 3 is 2.35 bits per heavy atom. The standard InChI is InChI=1S/C12H20N2O3/c1-11(2,3)8(15)7-9-13-10(14-17-9)12(4,5)16-6/h7H2,1-6H3. The molecule has 0 aliphatic heterocycles. The van der Waals surface area contributed by atoms with Gasteiger partial charge in [-0.05, 0) is 13.8 Å². The Bertz CT molecular complexity index is 402. The smallest absolute Gasteiger partial charge is 0.234 e. The SMILES string of the molecule is COC(C)(C)c1noc(CC(=O)C(C)(C)C)n1. The fourth-order valence-corrected chi connectivity index (χ4v) is 1.07. The number of carbonyl (C=O) groups is 1. The second kappa shape index (κ2) is 4.56. The average Bonchev–Trinajstić information content (AvgIpc) is 2.65. The number of hydrogen-bond acceptors (Lipinski definition) is 5. The van der Waals surface area contributed by atoms with Gasteiger partial charge in [0.2, 0.25) is 11.7 Å². The lowest BCUT2D eigenvalue weighted by Crippen LogP contribution is -2.23. The molecule has 1 rings (SSSR count). The first-order valence-corrected chi connectivity index (χ1v) is 5.58. The molecule has 0 radical (unpaired) electrons. The fraction of sp³-hybridized carbons (Fsp3) is 0.750. The van der Waals surface area contributed by atoms with Crippen LogP contribution in [0.5, 0.6) is 0 Å². The number of ether oxygens (including phenoxy) is 1. The van der Waals surface area contributed by atoms with E-state index >= 15 is 0 Å². The Balaban J connectivity index is 2.80. The predicted molar refractivity (Wildman–Crippen MR) is 62.5 cm³/mol. The molecular formula is C12H20N2O3. The summed E-state index contributed by atoms with van der Waals surface area (Å²) in [5, 5.41) is 3.83. The Hall–Kier alpha value is -1.23. The van der Waals surface area contributed by atoms with Gasteiger partial charge >= 0.3 is 0 Å². The highest BCUT2D eigenvalue weighted by Gasteiger charge is 2.28. The van der Waals surface area contributed by atoms with E-state index in [1.807, 2.05) is 34.6 Å². The van der Waals surface area contributed by atoms with Crippen LogP contribution < -0.4 is 0 Å². The molecule has 0 aliphatic carbocycles. The molecule has 0 spiro atoms. The second-order valence-electron chi connectivity index (χ2n) is 5.58. The molecule has 0 fully saturated rings. The van der Waals surface area contributed by atoms with Crippen LogP contribution >= 0.6 is 0 Å². The van der Waals surface area contributed by atoms with E-state index in [-0.39, 0.29) is 12.2 Å². The predicted octanol–water partition coefficient (Wildman–Crippen LogP) is 2.11. The van der Waals surface area contributed by atoms with Crippen LogP contribution in [0.4, 0.5) is 0 Å². The fourth-order valence-electron chi connectivity index (χ4n) is 1.07. The van der Waals surface area contributed by atoms with Crippen molar-refractivity contribution in [1.82, 2.24) is 10.1 Å². The molecule has 1 aromatic heterocycles. The number of nitrogens with zero attached hydrogens (tertiary/aromatic N) is 2. The summed E-state index contributed by atoms with van der Waals surface area (Å²) in [4.78, 5) is 16.0. The van der Waals surface area contributed by atoms with Crippen molar-refractivity contribution in [3.63, 3.8) is 0 Å². The van der Waals surface area contributed by atoms with Gasteiger partial charge in [-0.3, -0.25) is 4.79 Å². The third kappa shape index (κ3) is 3.36. The highest BCUT2D eigenvalue weighted by Crippen LogP contribution is 2.22. The van der Waals surface area contributed by atoms with Crippen molar-refractivity contribution in [2.75, 3.05) is 7.11 Å². The first kappa shape index (κ1) is 13.8. The minimum atomic E-state index is -0.605. The largest absolute Gasteiger partial charge is 0.371 e. The van der Waals surface area contributed by atoms with Crippen LogP contribution in [0.25, 0.3) is 0 Å². The highest BCUT2D eigenvalue weighted by atomic mass is 16.5. The molecule has 0 N–H and O–H groups in total. The van der Waals surface area contributed by atoms with Gasteiger partial charge in [0, 0.05) is 12.5 Å². The van der Waals surface area contributed by atoms with Crippen LogP contribution in [0.15, 0.2) is 4.52 Å². The lowest BCUT2D eigenvalue weighted by atomic mass is 9.89. The van der Waals surface area contributed by atoms with E-state index in [1.54, 1.807) is 7.11 Å². The zero-order chi connectivity index (χ0) is 13.3. The molecule has 0 amide bonds. The van der Waals surface area contributed by atoms with Gasteiger partial charge in [-0.15, -0.1) is 0 Å². The van der Waals surface area contributed by atoms with Crippen molar-refractivity contribution in [3.8, 4) is 0 Å². The van der Waals surface area contributed by atoms with Gasteiger partial charge in [0.05, 0.1) is 6.42 Å². The Morgan fingerprint density at radius 2 is 1.88 bits per heavy atom. The zero-order valence-electron chi connectivity index (χ0n) is 11.3. The van der Waals surface area contributed by atoms with Crippen LogP contribution in [-0.4, -0.2) is 23.0 Å². The highest BCUT2D eigenvalue weighted by molar-refractivity contribution is 5.84. The molecule has 5 heteroatoms. The summed E-state index contributed by atoms with van der Waals surface area (Å²) in [5.74, 6) is 0.865. The number of Topliss-reactive ketones (excluding diaryl/α,β-unsaturated/α-hetero) is 1. The van der Waals surface area contributed by atoms with Gasteiger partial charge in [-0.25, -0.2) is 0 Å². The van der Waals surface area contributed by atoms with Crippen molar-refractivity contribution in [2.45, 2.75) is 46.6 Å². The van der Waals surface area contributed by atoms with E-state index in [9.17, 15) is 4.79 Å². The Kier molecular flexibility index (Phi) is 3.71. The van der Waals surface area contributed by atoms with E-state index in [2.05, 4.69) is 10.1 Å². The number of methoxy groups -OCH3 is 1. The molecule has 17 heavy (non-hydrogen) atoms. The number of rotatable bonds is 4. The van der Waals surface area contributed by atoms with Crippen molar-refractivity contribution < 1.29 is 14.1 Å². The molecule has 0 atom stereocenters. The van der Waals surface area contributed by atoms with Crippen LogP contribution in [0.2, 0.25) is 0 Å². The second-order valence-corrected chi connectivity index (χ2v) is 5.58. The summed E-state index contributed by atoms with van der Waals surface area (Å²) in [6, 6.07) is 0. The number of aromatic nitrogens is 2. The van der Waals surface area contributed by atoms with Gasteiger partial charge in [0.1, 0.15) is 11.4 Å². The molecule has 0 saturated heterocycles. The van der Waals surface area contributed by atoms with Crippen molar-refractivity contribution in [1.29, 1.82) is 0 Å². The van der Waals surface area contributed by atoms with Crippen LogP contribution in [0.3, 0.4) is 0 Å². The van der Waals surface area contributed by atoms with Gasteiger partial charge in [-0.2, -0.15) is 4.98 Å². The van der Waals surface area contributed by atoms with E-state index in [0.29, 0.717) is 11.7 Å². The third-order valence-corrected chi connectivity index (χ3v) is 2.67. The van der Waals surface area contributed by atoms with Crippen molar-refractivity contribution in [3.05, 3.63) is 11.7 Å². The monoisotopic (exact) mass is 240 g/mol. The van der Waals surface area contributed by atoms with E-state index in [4.69, 9.17) is 9.26 Å². The maximum absolute atomic E-state index is 11.8. The van der Waals surface area contributed by atoms with Gasteiger partial charge in [0.15, 0.2) is 0 Å².